The molecule has 2 N–H and O–H groups in total. The minimum atomic E-state index is 0.320. The molecule has 0 aliphatic carbocycles. The van der Waals surface area contributed by atoms with Gasteiger partial charge < -0.3 is 20.1 Å². The topological polar surface area (TPSA) is 54.9 Å². The Hall–Kier alpha value is -0.720. The van der Waals surface area contributed by atoms with Gasteiger partial charge in [-0.05, 0) is 19.3 Å². The summed E-state index contributed by atoms with van der Waals surface area (Å²) in [6.07, 6.45) is 5.52. The molecule has 1 aliphatic rings. The second-order valence-corrected chi connectivity index (χ2v) is 6.00. The number of nitrogens with one attached hydrogen (secondary N) is 2. The van der Waals surface area contributed by atoms with Gasteiger partial charge >= 0.3 is 0 Å². The van der Waals surface area contributed by atoms with Crippen molar-refractivity contribution in [2.24, 2.45) is 4.99 Å². The lowest BCUT2D eigenvalue weighted by Gasteiger charge is -2.12. The summed E-state index contributed by atoms with van der Waals surface area (Å²) in [6.45, 7) is 7.86. The predicted octanol–water partition coefficient (Wildman–Crippen LogP) is 1.66. The summed E-state index contributed by atoms with van der Waals surface area (Å²) in [5.41, 5.74) is 0. The standard InChI is InChI=1S/C15H29N3O2S/c1-3-11-21-12-8-18-15(16-2)17-7-5-9-19-13-14-6-4-10-20-14/h3,14H,1,4-13H2,2H3,(H2,16,17,18). The van der Waals surface area contributed by atoms with E-state index in [1.165, 1.54) is 6.42 Å². The van der Waals surface area contributed by atoms with Gasteiger partial charge in [0.25, 0.3) is 0 Å². The Bertz CT molecular complexity index is 295. The van der Waals surface area contributed by atoms with Gasteiger partial charge in [-0.25, -0.2) is 0 Å². The highest BCUT2D eigenvalue weighted by Gasteiger charge is 2.14. The fourth-order valence-electron chi connectivity index (χ4n) is 2.00. The second-order valence-electron chi connectivity index (χ2n) is 4.85. The predicted molar refractivity (Wildman–Crippen MR) is 91.3 cm³/mol. The number of rotatable bonds is 11. The Labute approximate surface area is 132 Å². The van der Waals surface area contributed by atoms with Gasteiger partial charge in [-0.15, -0.1) is 6.58 Å². The molecule has 122 valence electrons. The summed E-state index contributed by atoms with van der Waals surface area (Å²) >= 11 is 1.86. The second kappa shape index (κ2) is 13.0. The van der Waals surface area contributed by atoms with Gasteiger partial charge in [0.05, 0.1) is 12.7 Å². The molecule has 1 atom stereocenters. The monoisotopic (exact) mass is 315 g/mol. The third-order valence-corrected chi connectivity index (χ3v) is 4.05. The van der Waals surface area contributed by atoms with E-state index < -0.39 is 0 Å². The van der Waals surface area contributed by atoms with E-state index in [4.69, 9.17) is 9.47 Å². The first kappa shape index (κ1) is 18.3. The van der Waals surface area contributed by atoms with Gasteiger partial charge in [0.15, 0.2) is 5.96 Å². The first-order valence-corrected chi connectivity index (χ1v) is 8.84. The minimum Gasteiger partial charge on any atom is -0.379 e. The molecule has 1 fully saturated rings. The molecule has 1 unspecified atom stereocenters. The Kier molecular flexibility index (Phi) is 11.3. The lowest BCUT2D eigenvalue weighted by Crippen LogP contribution is -2.39. The lowest BCUT2D eigenvalue weighted by molar-refractivity contribution is 0.0168. The number of hydrogen-bond acceptors (Lipinski definition) is 4. The molecule has 0 amide bonds. The van der Waals surface area contributed by atoms with E-state index in [1.807, 2.05) is 17.8 Å². The molecule has 0 aromatic heterocycles. The van der Waals surface area contributed by atoms with E-state index in [9.17, 15) is 0 Å². The molecular formula is C15H29N3O2S. The van der Waals surface area contributed by atoms with Gasteiger partial charge in [-0.1, -0.05) is 6.08 Å². The molecule has 0 spiro atoms. The highest BCUT2D eigenvalue weighted by Crippen LogP contribution is 2.11. The Morgan fingerprint density at radius 1 is 1.48 bits per heavy atom. The molecule has 0 saturated carbocycles. The number of ether oxygens (including phenoxy) is 2. The lowest BCUT2D eigenvalue weighted by atomic mass is 10.2. The van der Waals surface area contributed by atoms with Crippen molar-refractivity contribution in [3.05, 3.63) is 12.7 Å². The number of guanidine groups is 1. The van der Waals surface area contributed by atoms with Crippen LogP contribution in [0.1, 0.15) is 19.3 Å². The van der Waals surface area contributed by atoms with Crippen LogP contribution in [0.5, 0.6) is 0 Å². The van der Waals surface area contributed by atoms with Crippen molar-refractivity contribution in [2.45, 2.75) is 25.4 Å². The van der Waals surface area contributed by atoms with Crippen molar-refractivity contribution >= 4 is 17.7 Å². The molecule has 1 rings (SSSR count). The number of nitrogens with zero attached hydrogens (tertiary/aromatic N) is 1. The third-order valence-electron chi connectivity index (χ3n) is 3.08. The van der Waals surface area contributed by atoms with Gasteiger partial charge in [0.2, 0.25) is 0 Å². The molecule has 0 aromatic carbocycles. The molecule has 6 heteroatoms. The van der Waals surface area contributed by atoms with Crippen LogP contribution in [0.15, 0.2) is 17.6 Å². The smallest absolute Gasteiger partial charge is 0.191 e. The summed E-state index contributed by atoms with van der Waals surface area (Å²) in [4.78, 5) is 4.19. The first-order valence-electron chi connectivity index (χ1n) is 7.69. The van der Waals surface area contributed by atoms with Crippen molar-refractivity contribution in [3.63, 3.8) is 0 Å². The summed E-state index contributed by atoms with van der Waals surface area (Å²) in [6, 6.07) is 0. The van der Waals surface area contributed by atoms with E-state index in [-0.39, 0.29) is 0 Å². The van der Waals surface area contributed by atoms with E-state index in [0.29, 0.717) is 6.10 Å². The zero-order valence-electron chi connectivity index (χ0n) is 13.1. The van der Waals surface area contributed by atoms with Crippen LogP contribution in [-0.4, -0.2) is 63.5 Å². The Morgan fingerprint density at radius 3 is 3.05 bits per heavy atom. The molecule has 21 heavy (non-hydrogen) atoms. The molecule has 5 nitrogen and oxygen atoms in total. The van der Waals surface area contributed by atoms with Crippen LogP contribution in [0.4, 0.5) is 0 Å². The molecule has 1 saturated heterocycles. The van der Waals surface area contributed by atoms with Crippen molar-refractivity contribution in [1.29, 1.82) is 0 Å². The highest BCUT2D eigenvalue weighted by molar-refractivity contribution is 7.99. The zero-order valence-corrected chi connectivity index (χ0v) is 13.9. The maximum atomic E-state index is 5.62. The molecular weight excluding hydrogens is 286 g/mol. The fourth-order valence-corrected chi connectivity index (χ4v) is 2.58. The number of thioether (sulfide) groups is 1. The first-order chi connectivity index (χ1) is 10.4. The van der Waals surface area contributed by atoms with Crippen LogP contribution in [0, 0.1) is 0 Å². The van der Waals surface area contributed by atoms with Crippen LogP contribution in [-0.2, 0) is 9.47 Å². The van der Waals surface area contributed by atoms with E-state index in [1.54, 1.807) is 7.05 Å². The van der Waals surface area contributed by atoms with Crippen molar-refractivity contribution < 1.29 is 9.47 Å². The van der Waals surface area contributed by atoms with Crippen LogP contribution >= 0.6 is 11.8 Å². The summed E-state index contributed by atoms with van der Waals surface area (Å²) in [7, 11) is 1.79. The van der Waals surface area contributed by atoms with E-state index >= 15 is 0 Å². The van der Waals surface area contributed by atoms with Crippen LogP contribution in [0.3, 0.4) is 0 Å². The minimum absolute atomic E-state index is 0.320. The fraction of sp³-hybridized carbons (Fsp3) is 0.800. The van der Waals surface area contributed by atoms with Crippen molar-refractivity contribution in [1.82, 2.24) is 10.6 Å². The zero-order chi connectivity index (χ0) is 15.2. The maximum Gasteiger partial charge on any atom is 0.191 e. The maximum absolute atomic E-state index is 5.62. The van der Waals surface area contributed by atoms with Crippen molar-refractivity contribution in [3.8, 4) is 0 Å². The number of hydrogen-bond donors (Lipinski definition) is 2. The summed E-state index contributed by atoms with van der Waals surface area (Å²) in [5, 5.41) is 6.57. The normalized spacial score (nSPS) is 18.7. The molecule has 0 bridgehead atoms. The van der Waals surface area contributed by atoms with Crippen LogP contribution in [0.25, 0.3) is 0 Å². The molecule has 1 heterocycles. The van der Waals surface area contributed by atoms with E-state index in [2.05, 4.69) is 22.2 Å². The summed E-state index contributed by atoms with van der Waals surface area (Å²) in [5.74, 6) is 2.90. The molecule has 0 aromatic rings. The highest BCUT2D eigenvalue weighted by atomic mass is 32.2. The van der Waals surface area contributed by atoms with Crippen LogP contribution in [0.2, 0.25) is 0 Å². The van der Waals surface area contributed by atoms with Gasteiger partial charge in [-0.2, -0.15) is 11.8 Å². The van der Waals surface area contributed by atoms with Gasteiger partial charge in [0.1, 0.15) is 0 Å². The van der Waals surface area contributed by atoms with Gasteiger partial charge in [-0.3, -0.25) is 4.99 Å². The average molecular weight is 315 g/mol. The van der Waals surface area contributed by atoms with E-state index in [0.717, 1.165) is 63.2 Å². The average Bonchev–Trinajstić information content (AvgIpc) is 3.01. The Morgan fingerprint density at radius 2 is 2.33 bits per heavy atom. The largest absolute Gasteiger partial charge is 0.379 e. The number of aliphatic imine (C=N–C) groups is 1. The molecule has 1 aliphatic heterocycles. The SMILES string of the molecule is C=CCSCCNC(=NC)NCCCOCC1CCCO1. The van der Waals surface area contributed by atoms with Crippen molar-refractivity contribution in [2.75, 3.05) is 51.5 Å². The quantitative estimate of drug-likeness (QED) is 0.263. The van der Waals surface area contributed by atoms with Gasteiger partial charge in [0, 0.05) is 44.9 Å². The van der Waals surface area contributed by atoms with Crippen LogP contribution < -0.4 is 10.6 Å². The summed E-state index contributed by atoms with van der Waals surface area (Å²) < 4.78 is 11.1. The third kappa shape index (κ3) is 9.77. The molecule has 0 radical (unpaired) electrons. The Balaban J connectivity index is 1.90.